The molecule has 1 aliphatic carbocycles. The van der Waals surface area contributed by atoms with E-state index in [1.54, 1.807) is 7.11 Å². The number of rotatable bonds is 6. The topological polar surface area (TPSA) is 24.5 Å². The molecule has 3 nitrogen and oxygen atoms in total. The molecule has 3 heteroatoms. The maximum Gasteiger partial charge on any atom is 0.142 e. The van der Waals surface area contributed by atoms with Gasteiger partial charge in [0.2, 0.25) is 0 Å². The number of hydrogen-bond donors (Lipinski definition) is 1. The number of nitrogens with zero attached hydrogens (tertiary/aromatic N) is 1. The smallest absolute Gasteiger partial charge is 0.142 e. The molecule has 1 saturated carbocycles. The first-order valence-corrected chi connectivity index (χ1v) is 5.89. The normalized spacial score (nSPS) is 14.9. The quantitative estimate of drug-likeness (QED) is 0.792. The molecule has 0 spiro atoms. The predicted octanol–water partition coefficient (Wildman–Crippen LogP) is 1.88. The zero-order valence-corrected chi connectivity index (χ0v) is 10.1. The zero-order chi connectivity index (χ0) is 11.4. The van der Waals surface area contributed by atoms with E-state index in [0.717, 1.165) is 30.6 Å². The lowest BCUT2D eigenvalue weighted by atomic mass is 10.2. The van der Waals surface area contributed by atoms with Crippen LogP contribution in [0.1, 0.15) is 12.8 Å². The van der Waals surface area contributed by atoms with Gasteiger partial charge in [0, 0.05) is 26.2 Å². The van der Waals surface area contributed by atoms with Crippen molar-refractivity contribution < 1.29 is 4.74 Å². The molecule has 0 aliphatic heterocycles. The first kappa shape index (κ1) is 11.3. The van der Waals surface area contributed by atoms with E-state index < -0.39 is 0 Å². The Morgan fingerprint density at radius 3 is 2.81 bits per heavy atom. The van der Waals surface area contributed by atoms with E-state index in [9.17, 15) is 0 Å². The van der Waals surface area contributed by atoms with Crippen molar-refractivity contribution in [3.63, 3.8) is 0 Å². The lowest BCUT2D eigenvalue weighted by Gasteiger charge is -2.21. The molecular weight excluding hydrogens is 200 g/mol. The Morgan fingerprint density at radius 2 is 2.12 bits per heavy atom. The summed E-state index contributed by atoms with van der Waals surface area (Å²) in [4.78, 5) is 2.23. The van der Waals surface area contributed by atoms with Crippen LogP contribution in [-0.2, 0) is 0 Å². The number of benzene rings is 1. The van der Waals surface area contributed by atoms with Crippen LogP contribution in [0.25, 0.3) is 0 Å². The van der Waals surface area contributed by atoms with Crippen LogP contribution in [0.5, 0.6) is 5.75 Å². The Labute approximate surface area is 97.4 Å². The lowest BCUT2D eigenvalue weighted by molar-refractivity contribution is 0.414. The maximum atomic E-state index is 5.34. The van der Waals surface area contributed by atoms with Crippen molar-refractivity contribution in [2.24, 2.45) is 0 Å². The molecule has 1 aliphatic rings. The minimum absolute atomic E-state index is 0.783. The van der Waals surface area contributed by atoms with Gasteiger partial charge in [0.15, 0.2) is 0 Å². The van der Waals surface area contributed by atoms with Gasteiger partial charge in [0.05, 0.1) is 12.8 Å². The molecule has 0 unspecified atom stereocenters. The first-order valence-electron chi connectivity index (χ1n) is 5.89. The number of hydrogen-bond acceptors (Lipinski definition) is 3. The van der Waals surface area contributed by atoms with Gasteiger partial charge in [0.1, 0.15) is 5.75 Å². The number of para-hydroxylation sites is 2. The number of methoxy groups -OCH3 is 1. The highest BCUT2D eigenvalue weighted by atomic mass is 16.5. The fourth-order valence-corrected chi connectivity index (χ4v) is 1.79. The largest absolute Gasteiger partial charge is 0.495 e. The second-order valence-electron chi connectivity index (χ2n) is 4.32. The molecule has 88 valence electrons. The Bertz CT molecular complexity index is 336. The van der Waals surface area contributed by atoms with E-state index in [4.69, 9.17) is 4.74 Å². The van der Waals surface area contributed by atoms with Crippen molar-refractivity contribution in [2.45, 2.75) is 18.9 Å². The standard InChI is InChI=1S/C13H20N2O/c1-15(10-9-14-11-7-8-11)12-5-3-4-6-13(12)16-2/h3-6,11,14H,7-10H2,1-2H3. The molecule has 0 atom stereocenters. The van der Waals surface area contributed by atoms with Gasteiger partial charge in [-0.1, -0.05) is 12.1 Å². The van der Waals surface area contributed by atoms with Crippen molar-refractivity contribution in [2.75, 3.05) is 32.1 Å². The molecule has 0 aromatic heterocycles. The summed E-state index contributed by atoms with van der Waals surface area (Å²) in [5.41, 5.74) is 1.16. The van der Waals surface area contributed by atoms with Gasteiger partial charge in [-0.15, -0.1) is 0 Å². The lowest BCUT2D eigenvalue weighted by Crippen LogP contribution is -2.30. The molecule has 0 bridgehead atoms. The van der Waals surface area contributed by atoms with Gasteiger partial charge in [-0.2, -0.15) is 0 Å². The van der Waals surface area contributed by atoms with Crippen LogP contribution in [-0.4, -0.2) is 33.3 Å². The summed E-state index contributed by atoms with van der Waals surface area (Å²) in [6.07, 6.45) is 2.69. The van der Waals surface area contributed by atoms with Gasteiger partial charge in [-0.3, -0.25) is 0 Å². The number of ether oxygens (including phenoxy) is 1. The van der Waals surface area contributed by atoms with Gasteiger partial charge < -0.3 is 15.0 Å². The van der Waals surface area contributed by atoms with E-state index in [2.05, 4.69) is 23.3 Å². The molecule has 0 amide bonds. The molecule has 16 heavy (non-hydrogen) atoms. The Morgan fingerprint density at radius 1 is 1.38 bits per heavy atom. The summed E-state index contributed by atoms with van der Waals surface area (Å²) in [6, 6.07) is 8.92. The highest BCUT2D eigenvalue weighted by molar-refractivity contribution is 5.57. The van der Waals surface area contributed by atoms with Gasteiger partial charge >= 0.3 is 0 Å². The fraction of sp³-hybridized carbons (Fsp3) is 0.538. The zero-order valence-electron chi connectivity index (χ0n) is 10.1. The molecule has 0 saturated heterocycles. The molecule has 1 N–H and O–H groups in total. The van der Waals surface area contributed by atoms with Crippen molar-refractivity contribution in [1.29, 1.82) is 0 Å². The Kier molecular flexibility index (Phi) is 3.67. The van der Waals surface area contributed by atoms with E-state index in [1.807, 2.05) is 18.2 Å². The molecule has 1 fully saturated rings. The summed E-state index contributed by atoms with van der Waals surface area (Å²) in [5.74, 6) is 0.941. The average Bonchev–Trinajstić information content (AvgIpc) is 3.13. The van der Waals surface area contributed by atoms with Gasteiger partial charge in [-0.25, -0.2) is 0 Å². The monoisotopic (exact) mass is 220 g/mol. The average molecular weight is 220 g/mol. The summed E-state index contributed by atoms with van der Waals surface area (Å²) >= 11 is 0. The molecular formula is C13H20N2O. The highest BCUT2D eigenvalue weighted by Gasteiger charge is 2.19. The minimum atomic E-state index is 0.783. The van der Waals surface area contributed by atoms with Crippen LogP contribution in [0.2, 0.25) is 0 Å². The van der Waals surface area contributed by atoms with E-state index in [0.29, 0.717) is 0 Å². The number of nitrogens with one attached hydrogen (secondary N) is 1. The fourth-order valence-electron chi connectivity index (χ4n) is 1.79. The van der Waals surface area contributed by atoms with Crippen LogP contribution >= 0.6 is 0 Å². The molecule has 1 aromatic carbocycles. The predicted molar refractivity (Wildman–Crippen MR) is 67.3 cm³/mol. The third-order valence-electron chi connectivity index (χ3n) is 2.95. The van der Waals surface area contributed by atoms with Crippen molar-refractivity contribution >= 4 is 5.69 Å². The van der Waals surface area contributed by atoms with Crippen molar-refractivity contribution in [3.8, 4) is 5.75 Å². The van der Waals surface area contributed by atoms with Crippen LogP contribution in [0, 0.1) is 0 Å². The van der Waals surface area contributed by atoms with Crippen LogP contribution in [0.15, 0.2) is 24.3 Å². The molecule has 2 rings (SSSR count). The summed E-state index contributed by atoms with van der Waals surface area (Å²) in [6.45, 7) is 2.05. The van der Waals surface area contributed by atoms with Crippen LogP contribution in [0.3, 0.4) is 0 Å². The van der Waals surface area contributed by atoms with Gasteiger partial charge in [-0.05, 0) is 25.0 Å². The summed E-state index contributed by atoms with van der Waals surface area (Å²) < 4.78 is 5.34. The summed E-state index contributed by atoms with van der Waals surface area (Å²) in [5, 5.41) is 3.51. The van der Waals surface area contributed by atoms with Crippen molar-refractivity contribution in [1.82, 2.24) is 5.32 Å². The number of likely N-dealkylation sites (N-methyl/N-ethyl adjacent to an activating group) is 1. The van der Waals surface area contributed by atoms with E-state index in [1.165, 1.54) is 12.8 Å². The second-order valence-corrected chi connectivity index (χ2v) is 4.32. The molecule has 0 radical (unpaired) electrons. The van der Waals surface area contributed by atoms with Crippen molar-refractivity contribution in [3.05, 3.63) is 24.3 Å². The maximum absolute atomic E-state index is 5.34. The highest BCUT2D eigenvalue weighted by Crippen LogP contribution is 2.26. The SMILES string of the molecule is COc1ccccc1N(C)CCNC1CC1. The summed E-state index contributed by atoms with van der Waals surface area (Å²) in [7, 11) is 3.82. The molecule has 0 heterocycles. The van der Waals surface area contributed by atoms with Gasteiger partial charge in [0.25, 0.3) is 0 Å². The number of anilines is 1. The first-order chi connectivity index (χ1) is 7.81. The Balaban J connectivity index is 1.87. The van der Waals surface area contributed by atoms with Crippen LogP contribution in [0.4, 0.5) is 5.69 Å². The third kappa shape index (κ3) is 2.89. The third-order valence-corrected chi connectivity index (χ3v) is 2.95. The second kappa shape index (κ2) is 5.21. The van der Waals surface area contributed by atoms with Crippen LogP contribution < -0.4 is 15.0 Å². The van der Waals surface area contributed by atoms with E-state index >= 15 is 0 Å². The van der Waals surface area contributed by atoms with E-state index in [-0.39, 0.29) is 0 Å². The Hall–Kier alpha value is -1.22. The minimum Gasteiger partial charge on any atom is -0.495 e. The molecule has 1 aromatic rings.